The van der Waals surface area contributed by atoms with Gasteiger partial charge in [-0.1, -0.05) is 39.8 Å². The summed E-state index contributed by atoms with van der Waals surface area (Å²) in [5.74, 6) is 0. The zero-order chi connectivity index (χ0) is 12.7. The average Bonchev–Trinajstić information content (AvgIpc) is 2.34. The Labute approximate surface area is 113 Å². The highest BCUT2D eigenvalue weighted by molar-refractivity contribution is 7.21. The molecule has 0 aromatic carbocycles. The Morgan fingerprint density at radius 2 is 0.938 bits per heavy atom. The third-order valence-electron chi connectivity index (χ3n) is 3.67. The molecule has 0 amide bonds. The third kappa shape index (κ3) is 5.90. The molecule has 0 fully saturated rings. The van der Waals surface area contributed by atoms with Crippen molar-refractivity contribution in [2.75, 3.05) is 0 Å². The summed E-state index contributed by atoms with van der Waals surface area (Å²) in [4.78, 5) is 0. The van der Waals surface area contributed by atoms with E-state index in [-0.39, 0.29) is 0 Å². The Bertz CT molecular complexity index is 187. The van der Waals surface area contributed by atoms with Gasteiger partial charge in [-0.05, 0) is 36.3 Å². The van der Waals surface area contributed by atoms with Crippen molar-refractivity contribution in [3.05, 3.63) is 12.2 Å². The van der Waals surface area contributed by atoms with E-state index in [4.69, 9.17) is 22.2 Å². The summed E-state index contributed by atoms with van der Waals surface area (Å²) in [7, 11) is -2.91. The standard InChI is InChI=1S/C12H26Cl2Si2/c1-5-15(13,6-2)11-9-10-12-16(14,7-3)8-4/h9-10H,5-8,11-12H2,1-4H3. The van der Waals surface area contributed by atoms with E-state index >= 15 is 0 Å². The predicted molar refractivity (Wildman–Crippen MR) is 83.9 cm³/mol. The summed E-state index contributed by atoms with van der Waals surface area (Å²) in [5.41, 5.74) is 0. The molecule has 0 aliphatic rings. The molecule has 0 aliphatic heterocycles. The van der Waals surface area contributed by atoms with E-state index in [0.29, 0.717) is 0 Å². The summed E-state index contributed by atoms with van der Waals surface area (Å²) in [5, 5.41) is 0. The molecular formula is C12H26Cl2Si2. The van der Waals surface area contributed by atoms with Crippen LogP contribution in [0.4, 0.5) is 0 Å². The van der Waals surface area contributed by atoms with Crippen LogP contribution in [-0.4, -0.2) is 14.8 Å². The first-order valence-corrected chi connectivity index (χ1v) is 13.7. The van der Waals surface area contributed by atoms with Crippen LogP contribution in [0.2, 0.25) is 36.3 Å². The van der Waals surface area contributed by atoms with E-state index < -0.39 is 14.8 Å². The highest BCUT2D eigenvalue weighted by Gasteiger charge is 2.26. The molecule has 0 unspecified atom stereocenters. The van der Waals surface area contributed by atoms with Gasteiger partial charge in [0.25, 0.3) is 0 Å². The van der Waals surface area contributed by atoms with Crippen molar-refractivity contribution in [2.45, 2.75) is 64.0 Å². The molecule has 0 saturated heterocycles. The van der Waals surface area contributed by atoms with Crippen molar-refractivity contribution in [1.29, 1.82) is 0 Å². The molecule has 0 atom stereocenters. The normalized spacial score (nSPS) is 13.6. The topological polar surface area (TPSA) is 0 Å². The van der Waals surface area contributed by atoms with Crippen LogP contribution in [-0.2, 0) is 0 Å². The molecule has 0 N–H and O–H groups in total. The molecule has 0 aromatic heterocycles. The van der Waals surface area contributed by atoms with Crippen LogP contribution in [0.5, 0.6) is 0 Å². The Kier molecular flexibility index (Phi) is 8.34. The Morgan fingerprint density at radius 3 is 1.12 bits per heavy atom. The molecule has 0 aliphatic carbocycles. The smallest absolute Gasteiger partial charge is 0.159 e. The van der Waals surface area contributed by atoms with E-state index in [0.717, 1.165) is 12.1 Å². The second kappa shape index (κ2) is 7.96. The molecule has 0 spiro atoms. The molecule has 0 radical (unpaired) electrons. The molecule has 0 nitrogen and oxygen atoms in total. The summed E-state index contributed by atoms with van der Waals surface area (Å²) in [6.45, 7) is 8.87. The molecule has 0 rings (SSSR count). The van der Waals surface area contributed by atoms with Crippen molar-refractivity contribution in [3.8, 4) is 0 Å². The highest BCUT2D eigenvalue weighted by Crippen LogP contribution is 2.28. The monoisotopic (exact) mass is 296 g/mol. The number of rotatable bonds is 8. The minimum absolute atomic E-state index is 1.11. The number of allylic oxidation sites excluding steroid dienone is 2. The first kappa shape index (κ1) is 16.8. The molecule has 0 aromatic rings. The maximum atomic E-state index is 6.59. The van der Waals surface area contributed by atoms with E-state index in [1.165, 1.54) is 24.2 Å². The predicted octanol–water partition coefficient (Wildman–Crippen LogP) is 5.99. The minimum Gasteiger partial charge on any atom is -0.167 e. The van der Waals surface area contributed by atoms with Crippen LogP contribution in [0, 0.1) is 0 Å². The van der Waals surface area contributed by atoms with E-state index in [1.807, 2.05) is 0 Å². The van der Waals surface area contributed by atoms with Gasteiger partial charge in [-0.25, -0.2) is 0 Å². The Morgan fingerprint density at radius 1 is 0.688 bits per heavy atom. The van der Waals surface area contributed by atoms with Gasteiger partial charge in [0, 0.05) is 0 Å². The molecule has 4 heteroatoms. The zero-order valence-electron chi connectivity index (χ0n) is 11.2. The lowest BCUT2D eigenvalue weighted by Gasteiger charge is -2.20. The van der Waals surface area contributed by atoms with Gasteiger partial charge in [-0.3, -0.25) is 0 Å². The van der Waals surface area contributed by atoms with Gasteiger partial charge in [0.1, 0.15) is 0 Å². The van der Waals surface area contributed by atoms with Crippen molar-refractivity contribution in [2.24, 2.45) is 0 Å². The van der Waals surface area contributed by atoms with Gasteiger partial charge < -0.3 is 0 Å². The van der Waals surface area contributed by atoms with Crippen LogP contribution in [0.3, 0.4) is 0 Å². The number of halogens is 2. The maximum absolute atomic E-state index is 6.59. The first-order valence-electron chi connectivity index (χ1n) is 6.48. The van der Waals surface area contributed by atoms with Crippen LogP contribution >= 0.6 is 22.2 Å². The lowest BCUT2D eigenvalue weighted by atomic mass is 10.6. The first-order chi connectivity index (χ1) is 7.45. The number of hydrogen-bond acceptors (Lipinski definition) is 0. The van der Waals surface area contributed by atoms with Gasteiger partial charge in [0.05, 0.1) is 0 Å². The summed E-state index contributed by atoms with van der Waals surface area (Å²) in [6.07, 6.45) is 4.59. The molecule has 16 heavy (non-hydrogen) atoms. The van der Waals surface area contributed by atoms with Crippen LogP contribution in [0.1, 0.15) is 27.7 Å². The molecular weight excluding hydrogens is 271 g/mol. The van der Waals surface area contributed by atoms with Crippen LogP contribution in [0.25, 0.3) is 0 Å². The maximum Gasteiger partial charge on any atom is 0.159 e. The molecule has 0 saturated carbocycles. The summed E-state index contributed by atoms with van der Waals surface area (Å²) >= 11 is 13.2. The second-order valence-corrected chi connectivity index (χ2v) is 17.7. The number of hydrogen-bond donors (Lipinski definition) is 0. The summed E-state index contributed by atoms with van der Waals surface area (Å²) < 4.78 is 0. The fourth-order valence-electron chi connectivity index (χ4n) is 1.67. The van der Waals surface area contributed by atoms with E-state index in [2.05, 4.69) is 39.8 Å². The fraction of sp³-hybridized carbons (Fsp3) is 0.833. The molecule has 0 bridgehead atoms. The van der Waals surface area contributed by atoms with E-state index in [9.17, 15) is 0 Å². The average molecular weight is 297 g/mol. The lowest BCUT2D eigenvalue weighted by Crippen LogP contribution is -2.24. The minimum atomic E-state index is -1.46. The van der Waals surface area contributed by atoms with Crippen LogP contribution < -0.4 is 0 Å². The van der Waals surface area contributed by atoms with Gasteiger partial charge in [-0.2, -0.15) is 22.2 Å². The van der Waals surface area contributed by atoms with Gasteiger partial charge in [0.2, 0.25) is 0 Å². The van der Waals surface area contributed by atoms with Crippen molar-refractivity contribution in [1.82, 2.24) is 0 Å². The Hall–Kier alpha value is 0.754. The largest absolute Gasteiger partial charge is 0.167 e. The SMILES string of the molecule is CC[Si](Cl)(CC)CC=CC[Si](Cl)(CC)CC. The summed E-state index contributed by atoms with van der Waals surface area (Å²) in [6, 6.07) is 6.88. The second-order valence-electron chi connectivity index (χ2n) is 4.60. The molecule has 96 valence electrons. The van der Waals surface area contributed by atoms with E-state index in [1.54, 1.807) is 0 Å². The Balaban J connectivity index is 4.12. The fourth-order valence-corrected chi connectivity index (χ4v) is 5.53. The van der Waals surface area contributed by atoms with Crippen molar-refractivity contribution < 1.29 is 0 Å². The van der Waals surface area contributed by atoms with Crippen LogP contribution in [0.15, 0.2) is 12.2 Å². The van der Waals surface area contributed by atoms with Gasteiger partial charge in [-0.15, -0.1) is 0 Å². The quantitative estimate of drug-likeness (QED) is 0.293. The highest BCUT2D eigenvalue weighted by atomic mass is 35.6. The zero-order valence-corrected chi connectivity index (χ0v) is 14.7. The van der Waals surface area contributed by atoms with Crippen molar-refractivity contribution >= 4 is 36.9 Å². The third-order valence-corrected chi connectivity index (χ3v) is 14.8. The molecule has 0 heterocycles. The van der Waals surface area contributed by atoms with Gasteiger partial charge in [0.15, 0.2) is 14.8 Å². The lowest BCUT2D eigenvalue weighted by molar-refractivity contribution is 1.24. The van der Waals surface area contributed by atoms with Crippen molar-refractivity contribution in [3.63, 3.8) is 0 Å². The van der Waals surface area contributed by atoms with Gasteiger partial charge >= 0.3 is 0 Å².